The van der Waals surface area contributed by atoms with Crippen molar-refractivity contribution < 1.29 is 13.6 Å². The SMILES string of the molecule is CNc1ncc(C#Cc2ccc3nc(C(F)F)sc3c2)c2cc(NC(=O)C3CC3)ncc12. The first-order valence-electron chi connectivity index (χ1n) is 10.00. The lowest BCUT2D eigenvalue weighted by atomic mass is 10.1. The molecule has 0 bridgehead atoms. The van der Waals surface area contributed by atoms with Gasteiger partial charge in [0.1, 0.15) is 11.6 Å². The molecule has 6 nitrogen and oxygen atoms in total. The molecule has 0 aliphatic heterocycles. The molecule has 9 heteroatoms. The molecule has 1 amide bonds. The maximum absolute atomic E-state index is 12.9. The van der Waals surface area contributed by atoms with Crippen LogP contribution in [0.3, 0.4) is 0 Å². The summed E-state index contributed by atoms with van der Waals surface area (Å²) in [4.78, 5) is 24.8. The van der Waals surface area contributed by atoms with Crippen molar-refractivity contribution in [3.63, 3.8) is 0 Å². The average molecular weight is 449 g/mol. The number of nitrogens with zero attached hydrogens (tertiary/aromatic N) is 3. The molecule has 1 aliphatic carbocycles. The number of anilines is 2. The molecule has 0 unspecified atom stereocenters. The number of nitrogens with one attached hydrogen (secondary N) is 2. The zero-order valence-electron chi connectivity index (χ0n) is 16.9. The summed E-state index contributed by atoms with van der Waals surface area (Å²) in [6, 6.07) is 7.00. The van der Waals surface area contributed by atoms with Crippen molar-refractivity contribution in [2.75, 3.05) is 17.7 Å². The van der Waals surface area contributed by atoms with Crippen LogP contribution >= 0.6 is 11.3 Å². The summed E-state index contributed by atoms with van der Waals surface area (Å²) in [5.41, 5.74) is 1.88. The highest BCUT2D eigenvalue weighted by molar-refractivity contribution is 7.18. The fourth-order valence-electron chi connectivity index (χ4n) is 3.33. The Balaban J connectivity index is 1.52. The Labute approximate surface area is 186 Å². The second-order valence-corrected chi connectivity index (χ2v) is 8.50. The van der Waals surface area contributed by atoms with E-state index in [2.05, 4.69) is 37.4 Å². The van der Waals surface area contributed by atoms with E-state index in [0.29, 0.717) is 33.0 Å². The van der Waals surface area contributed by atoms with Gasteiger partial charge >= 0.3 is 0 Å². The van der Waals surface area contributed by atoms with Gasteiger partial charge in [0.05, 0.1) is 15.8 Å². The van der Waals surface area contributed by atoms with Crippen LogP contribution < -0.4 is 10.6 Å². The van der Waals surface area contributed by atoms with Crippen LogP contribution in [0.2, 0.25) is 0 Å². The number of halogens is 2. The number of hydrogen-bond acceptors (Lipinski definition) is 6. The quantitative estimate of drug-likeness (QED) is 0.430. The number of carbonyl (C=O) groups is 1. The fraction of sp³-hybridized carbons (Fsp3) is 0.217. The molecule has 0 saturated heterocycles. The van der Waals surface area contributed by atoms with Crippen LogP contribution in [0.25, 0.3) is 21.0 Å². The zero-order chi connectivity index (χ0) is 22.2. The average Bonchev–Trinajstić information content (AvgIpc) is 3.56. The van der Waals surface area contributed by atoms with E-state index >= 15 is 0 Å². The van der Waals surface area contributed by atoms with E-state index in [-0.39, 0.29) is 16.8 Å². The molecule has 2 N–H and O–H groups in total. The van der Waals surface area contributed by atoms with Gasteiger partial charge in [0, 0.05) is 41.7 Å². The number of amides is 1. The van der Waals surface area contributed by atoms with Crippen molar-refractivity contribution >= 4 is 49.9 Å². The topological polar surface area (TPSA) is 79.8 Å². The van der Waals surface area contributed by atoms with Crippen LogP contribution in [0, 0.1) is 17.8 Å². The highest BCUT2D eigenvalue weighted by Crippen LogP contribution is 2.32. The molecule has 1 fully saturated rings. The first kappa shape index (κ1) is 20.3. The summed E-state index contributed by atoms with van der Waals surface area (Å²) < 4.78 is 26.5. The fourth-order valence-corrected chi connectivity index (χ4v) is 4.19. The van der Waals surface area contributed by atoms with Gasteiger partial charge in [-0.3, -0.25) is 4.79 Å². The lowest BCUT2D eigenvalue weighted by molar-refractivity contribution is -0.117. The van der Waals surface area contributed by atoms with E-state index in [1.165, 1.54) is 0 Å². The third kappa shape index (κ3) is 3.97. The largest absolute Gasteiger partial charge is 0.373 e. The number of pyridine rings is 2. The predicted molar refractivity (Wildman–Crippen MR) is 121 cm³/mol. The second-order valence-electron chi connectivity index (χ2n) is 7.43. The van der Waals surface area contributed by atoms with Crippen molar-refractivity contribution in [2.45, 2.75) is 19.3 Å². The minimum Gasteiger partial charge on any atom is -0.373 e. The molecule has 4 aromatic rings. The van der Waals surface area contributed by atoms with E-state index in [4.69, 9.17) is 0 Å². The number of rotatable bonds is 4. The number of hydrogen-bond donors (Lipinski definition) is 2. The minimum absolute atomic E-state index is 0.0200. The Morgan fingerprint density at radius 3 is 2.75 bits per heavy atom. The van der Waals surface area contributed by atoms with Gasteiger partial charge in [-0.25, -0.2) is 23.7 Å². The molecule has 0 spiro atoms. The normalized spacial score (nSPS) is 13.2. The number of thiazole rings is 1. The van der Waals surface area contributed by atoms with Gasteiger partial charge in [-0.05, 0) is 37.1 Å². The monoisotopic (exact) mass is 449 g/mol. The summed E-state index contributed by atoms with van der Waals surface area (Å²) in [5.74, 6) is 7.38. The van der Waals surface area contributed by atoms with E-state index in [9.17, 15) is 13.6 Å². The summed E-state index contributed by atoms with van der Waals surface area (Å²) in [7, 11) is 1.77. The predicted octanol–water partition coefficient (Wildman–Crippen LogP) is 4.97. The first-order valence-corrected chi connectivity index (χ1v) is 10.8. The molecule has 1 aliphatic rings. The molecule has 160 valence electrons. The summed E-state index contributed by atoms with van der Waals surface area (Å²) >= 11 is 0.966. The molecule has 1 saturated carbocycles. The summed E-state index contributed by atoms with van der Waals surface area (Å²) in [6.07, 6.45) is 2.55. The number of carbonyl (C=O) groups excluding carboxylic acids is 1. The Kier molecular flexibility index (Phi) is 5.15. The Hall–Kier alpha value is -3.64. The maximum Gasteiger partial charge on any atom is 0.289 e. The molecule has 32 heavy (non-hydrogen) atoms. The van der Waals surface area contributed by atoms with E-state index in [1.54, 1.807) is 43.7 Å². The van der Waals surface area contributed by atoms with Crippen molar-refractivity contribution in [3.8, 4) is 11.8 Å². The standard InChI is InChI=1S/C23H17F2N5OS/c1-26-21-16-11-27-19(30-22(31)13-5-6-13)9-15(16)14(10-28-21)4-2-12-3-7-17-18(8-12)32-23(29-17)20(24)25/h3,7-11,13,20H,5-6H2,1H3,(H,26,28)(H,27,30,31). The molecule has 5 rings (SSSR count). The van der Waals surface area contributed by atoms with E-state index < -0.39 is 6.43 Å². The molecular formula is C23H17F2N5OS. The van der Waals surface area contributed by atoms with Crippen molar-refractivity contribution in [1.82, 2.24) is 15.0 Å². The van der Waals surface area contributed by atoms with Gasteiger partial charge in [0.25, 0.3) is 6.43 Å². The Bertz CT molecular complexity index is 1420. The highest BCUT2D eigenvalue weighted by Gasteiger charge is 2.29. The number of benzene rings is 1. The molecule has 0 radical (unpaired) electrons. The van der Waals surface area contributed by atoms with Gasteiger partial charge in [0.2, 0.25) is 5.91 Å². The highest BCUT2D eigenvalue weighted by atomic mass is 32.1. The zero-order valence-corrected chi connectivity index (χ0v) is 17.8. The molecule has 1 aromatic carbocycles. The number of fused-ring (bicyclic) bond motifs is 2. The number of aromatic nitrogens is 3. The smallest absolute Gasteiger partial charge is 0.289 e. The summed E-state index contributed by atoms with van der Waals surface area (Å²) in [6.45, 7) is 0. The maximum atomic E-state index is 12.9. The second kappa shape index (κ2) is 8.13. The van der Waals surface area contributed by atoms with Crippen LogP contribution in [-0.2, 0) is 4.79 Å². The molecule has 3 aromatic heterocycles. The van der Waals surface area contributed by atoms with Gasteiger partial charge < -0.3 is 10.6 Å². The minimum atomic E-state index is -2.59. The third-order valence-electron chi connectivity index (χ3n) is 5.14. The lowest BCUT2D eigenvalue weighted by Crippen LogP contribution is -2.14. The van der Waals surface area contributed by atoms with Gasteiger partial charge in [-0.2, -0.15) is 0 Å². The van der Waals surface area contributed by atoms with Crippen LogP contribution in [0.5, 0.6) is 0 Å². The third-order valence-corrected chi connectivity index (χ3v) is 6.17. The van der Waals surface area contributed by atoms with Crippen LogP contribution in [0.15, 0.2) is 36.7 Å². The van der Waals surface area contributed by atoms with Crippen LogP contribution in [0.4, 0.5) is 20.4 Å². The van der Waals surface area contributed by atoms with Crippen molar-refractivity contribution in [1.29, 1.82) is 0 Å². The van der Waals surface area contributed by atoms with Crippen molar-refractivity contribution in [3.05, 3.63) is 52.8 Å². The number of alkyl halides is 2. The molecule has 3 heterocycles. The van der Waals surface area contributed by atoms with Crippen molar-refractivity contribution in [2.24, 2.45) is 5.92 Å². The molecule has 0 atom stereocenters. The Morgan fingerprint density at radius 1 is 1.16 bits per heavy atom. The van der Waals surface area contributed by atoms with E-state index in [1.807, 2.05) is 0 Å². The Morgan fingerprint density at radius 2 is 2.00 bits per heavy atom. The van der Waals surface area contributed by atoms with Gasteiger partial charge in [0.15, 0.2) is 5.01 Å². The first-order chi connectivity index (χ1) is 15.5. The van der Waals surface area contributed by atoms with Gasteiger partial charge in [-0.1, -0.05) is 11.8 Å². The van der Waals surface area contributed by atoms with Crippen LogP contribution in [-0.4, -0.2) is 27.9 Å². The summed E-state index contributed by atoms with van der Waals surface area (Å²) in [5, 5.41) is 7.28. The molecular weight excluding hydrogens is 432 g/mol. The lowest BCUT2D eigenvalue weighted by Gasteiger charge is -2.09. The van der Waals surface area contributed by atoms with E-state index in [0.717, 1.165) is 35.0 Å². The van der Waals surface area contributed by atoms with Crippen LogP contribution in [0.1, 0.15) is 35.4 Å². The van der Waals surface area contributed by atoms with Gasteiger partial charge in [-0.15, -0.1) is 11.3 Å².